The Morgan fingerprint density at radius 1 is 1.14 bits per heavy atom. The smallest absolute Gasteiger partial charge is 0.257 e. The van der Waals surface area contributed by atoms with E-state index in [1.807, 2.05) is 12.1 Å². The minimum atomic E-state index is -0.754. The summed E-state index contributed by atoms with van der Waals surface area (Å²) in [6.45, 7) is 3.90. The average Bonchev–Trinajstić information content (AvgIpc) is 3.25. The van der Waals surface area contributed by atoms with Crippen molar-refractivity contribution in [2.75, 3.05) is 45.9 Å². The summed E-state index contributed by atoms with van der Waals surface area (Å²) in [7, 11) is 0. The summed E-state index contributed by atoms with van der Waals surface area (Å²) in [6, 6.07) is 10.4. The molecule has 2 fully saturated rings. The molecular weight excluding hydrogens is 496 g/mol. The molecule has 9 heteroatoms. The summed E-state index contributed by atoms with van der Waals surface area (Å²) in [4.78, 5) is 17.1. The van der Waals surface area contributed by atoms with Crippen LogP contribution in [0.4, 0.5) is 0 Å². The molecule has 2 saturated heterocycles. The van der Waals surface area contributed by atoms with Crippen molar-refractivity contribution < 1.29 is 29.6 Å². The van der Waals surface area contributed by atoms with E-state index in [1.165, 1.54) is 17.7 Å². The Kier molecular flexibility index (Phi) is 7.93. The number of likely N-dealkylation sites (tertiary alicyclic amines) is 2. The zero-order chi connectivity index (χ0) is 26.0. The van der Waals surface area contributed by atoms with Crippen LogP contribution in [0.25, 0.3) is 0 Å². The van der Waals surface area contributed by atoms with Crippen LogP contribution in [0.3, 0.4) is 0 Å². The number of aliphatic hydroxyl groups is 2. The number of benzene rings is 2. The second kappa shape index (κ2) is 11.2. The highest BCUT2D eigenvalue weighted by Gasteiger charge is 2.42. The summed E-state index contributed by atoms with van der Waals surface area (Å²) in [5, 5.41) is 30.8. The maximum atomic E-state index is 13.1. The van der Waals surface area contributed by atoms with Crippen LogP contribution in [0.1, 0.15) is 47.2 Å². The number of phenolic OH excluding ortho intramolecular Hbond substituents is 1. The zero-order valence-electron chi connectivity index (χ0n) is 20.9. The SMILES string of the molecule is O=C(c1ccc(O)cc1OC[C@@H](O)CN1CCC2(CC1)OCc1cc(Cl)ccc12)N1CCC(CO)CC1. The van der Waals surface area contributed by atoms with Crippen LogP contribution in [-0.2, 0) is 16.9 Å². The molecule has 3 N–H and O–H groups in total. The molecule has 37 heavy (non-hydrogen) atoms. The molecular formula is C28H35ClN2O6. The fraction of sp³-hybridized carbons (Fsp3) is 0.536. The first-order chi connectivity index (χ1) is 17.9. The predicted octanol–water partition coefficient (Wildman–Crippen LogP) is 3.15. The number of aromatic hydroxyl groups is 1. The van der Waals surface area contributed by atoms with Crippen molar-refractivity contribution in [3.8, 4) is 11.5 Å². The largest absolute Gasteiger partial charge is 0.508 e. The van der Waals surface area contributed by atoms with Crippen LogP contribution in [0.15, 0.2) is 36.4 Å². The van der Waals surface area contributed by atoms with Gasteiger partial charge in [-0.1, -0.05) is 17.7 Å². The van der Waals surface area contributed by atoms with Crippen LogP contribution in [0.2, 0.25) is 5.02 Å². The molecule has 0 bridgehead atoms. The molecule has 1 spiro atoms. The second-order valence-electron chi connectivity index (χ2n) is 10.4. The zero-order valence-corrected chi connectivity index (χ0v) is 21.7. The summed E-state index contributed by atoms with van der Waals surface area (Å²) < 4.78 is 12.1. The molecule has 3 aliphatic rings. The van der Waals surface area contributed by atoms with E-state index >= 15 is 0 Å². The molecule has 0 saturated carbocycles. The molecule has 2 aromatic rings. The summed E-state index contributed by atoms with van der Waals surface area (Å²) in [5.74, 6) is 0.327. The van der Waals surface area contributed by atoms with Crippen LogP contribution in [0.5, 0.6) is 11.5 Å². The second-order valence-corrected chi connectivity index (χ2v) is 10.9. The first kappa shape index (κ1) is 26.3. The van der Waals surface area contributed by atoms with Gasteiger partial charge in [0.15, 0.2) is 0 Å². The highest BCUT2D eigenvalue weighted by molar-refractivity contribution is 6.30. The van der Waals surface area contributed by atoms with Gasteiger partial charge in [0.2, 0.25) is 0 Å². The lowest BCUT2D eigenvalue weighted by molar-refractivity contribution is -0.0835. The molecule has 5 rings (SSSR count). The average molecular weight is 531 g/mol. The lowest BCUT2D eigenvalue weighted by Gasteiger charge is -2.39. The Morgan fingerprint density at radius 2 is 1.89 bits per heavy atom. The minimum absolute atomic E-state index is 0.000473. The number of fused-ring (bicyclic) bond motifs is 2. The lowest BCUT2D eigenvalue weighted by Crippen LogP contribution is -2.46. The molecule has 0 aromatic heterocycles. The minimum Gasteiger partial charge on any atom is -0.508 e. The molecule has 0 radical (unpaired) electrons. The normalized spacial score (nSPS) is 20.7. The number of amides is 1. The number of aliphatic hydroxyl groups excluding tert-OH is 2. The van der Waals surface area contributed by atoms with Crippen molar-refractivity contribution in [3.63, 3.8) is 0 Å². The molecule has 3 aliphatic heterocycles. The number of hydrogen-bond donors (Lipinski definition) is 3. The van der Waals surface area contributed by atoms with Crippen LogP contribution < -0.4 is 4.74 Å². The number of rotatable bonds is 7. The van der Waals surface area contributed by atoms with Gasteiger partial charge in [0.25, 0.3) is 5.91 Å². The Bertz CT molecular complexity index is 1110. The number of β-amino-alcohol motifs (C(OH)–C–C–N with tert-alkyl or cyclic N) is 1. The summed E-state index contributed by atoms with van der Waals surface area (Å²) in [6.07, 6.45) is 2.45. The molecule has 1 atom stereocenters. The Hall–Kier alpha value is -2.36. The van der Waals surface area contributed by atoms with Gasteiger partial charge in [-0.25, -0.2) is 0 Å². The highest BCUT2D eigenvalue weighted by atomic mass is 35.5. The van der Waals surface area contributed by atoms with Gasteiger partial charge >= 0.3 is 0 Å². The van der Waals surface area contributed by atoms with E-state index in [0.29, 0.717) is 31.8 Å². The van der Waals surface area contributed by atoms with Gasteiger partial charge in [0, 0.05) is 50.4 Å². The molecule has 1 amide bonds. The number of halogens is 1. The molecule has 2 aromatic carbocycles. The van der Waals surface area contributed by atoms with E-state index in [9.17, 15) is 20.1 Å². The van der Waals surface area contributed by atoms with Crippen molar-refractivity contribution in [1.82, 2.24) is 9.80 Å². The van der Waals surface area contributed by atoms with Crippen molar-refractivity contribution in [2.45, 2.75) is 44.0 Å². The van der Waals surface area contributed by atoms with Crippen molar-refractivity contribution in [3.05, 3.63) is 58.1 Å². The predicted molar refractivity (Wildman–Crippen MR) is 139 cm³/mol. The third-order valence-electron chi connectivity index (χ3n) is 7.98. The van der Waals surface area contributed by atoms with Crippen molar-refractivity contribution in [1.29, 1.82) is 0 Å². The van der Waals surface area contributed by atoms with E-state index in [-0.39, 0.29) is 42.1 Å². The number of phenols is 1. The summed E-state index contributed by atoms with van der Waals surface area (Å²) >= 11 is 6.14. The number of carbonyl (C=O) groups excluding carboxylic acids is 1. The number of piperidine rings is 2. The first-order valence-corrected chi connectivity index (χ1v) is 13.4. The maximum absolute atomic E-state index is 13.1. The van der Waals surface area contributed by atoms with Crippen molar-refractivity contribution in [2.24, 2.45) is 5.92 Å². The molecule has 8 nitrogen and oxygen atoms in total. The Morgan fingerprint density at radius 3 is 2.62 bits per heavy atom. The van der Waals surface area contributed by atoms with Gasteiger partial charge in [-0.2, -0.15) is 0 Å². The third kappa shape index (κ3) is 5.73. The van der Waals surface area contributed by atoms with E-state index in [0.717, 1.165) is 49.4 Å². The third-order valence-corrected chi connectivity index (χ3v) is 8.22. The number of hydrogen-bond acceptors (Lipinski definition) is 7. The van der Waals surface area contributed by atoms with Gasteiger partial charge in [0.1, 0.15) is 24.2 Å². The maximum Gasteiger partial charge on any atom is 0.257 e. The molecule has 3 heterocycles. The fourth-order valence-corrected chi connectivity index (χ4v) is 5.96. The van der Waals surface area contributed by atoms with Crippen LogP contribution >= 0.6 is 11.6 Å². The van der Waals surface area contributed by atoms with E-state index < -0.39 is 6.10 Å². The van der Waals surface area contributed by atoms with E-state index in [1.54, 1.807) is 11.0 Å². The van der Waals surface area contributed by atoms with Gasteiger partial charge in [-0.15, -0.1) is 0 Å². The fourth-order valence-electron chi connectivity index (χ4n) is 5.76. The topological polar surface area (TPSA) is 103 Å². The summed E-state index contributed by atoms with van der Waals surface area (Å²) in [5.41, 5.74) is 2.47. The Labute approximate surface area is 222 Å². The van der Waals surface area contributed by atoms with Crippen LogP contribution in [-0.4, -0.2) is 83.1 Å². The lowest BCUT2D eigenvalue weighted by atomic mass is 9.84. The standard InChI is InChI=1S/C28H35ClN2O6/c29-21-1-4-25-20(13-21)17-37-28(25)7-11-30(12-8-28)15-23(34)18-36-26-14-22(33)2-3-24(26)27(35)31-9-5-19(16-32)6-10-31/h1-4,13-14,19,23,32-34H,5-12,15-18H2/t23-/m0/s1. The van der Waals surface area contributed by atoms with Gasteiger partial charge in [-0.3, -0.25) is 4.79 Å². The Balaban J connectivity index is 1.15. The van der Waals surface area contributed by atoms with Gasteiger partial charge < -0.3 is 34.6 Å². The number of carbonyl (C=O) groups is 1. The van der Waals surface area contributed by atoms with Gasteiger partial charge in [-0.05, 0) is 67.0 Å². The van der Waals surface area contributed by atoms with E-state index in [4.69, 9.17) is 21.1 Å². The van der Waals surface area contributed by atoms with Gasteiger partial charge in [0.05, 0.1) is 17.8 Å². The quantitative estimate of drug-likeness (QED) is 0.505. The first-order valence-electron chi connectivity index (χ1n) is 13.1. The molecule has 200 valence electrons. The number of ether oxygens (including phenoxy) is 2. The van der Waals surface area contributed by atoms with E-state index in [2.05, 4.69) is 11.0 Å². The highest BCUT2D eigenvalue weighted by Crippen LogP contribution is 2.44. The van der Waals surface area contributed by atoms with Crippen LogP contribution in [0, 0.1) is 5.92 Å². The number of nitrogens with zero attached hydrogens (tertiary/aromatic N) is 2. The molecule has 0 unspecified atom stereocenters. The van der Waals surface area contributed by atoms with Crippen molar-refractivity contribution >= 4 is 17.5 Å². The monoisotopic (exact) mass is 530 g/mol. The molecule has 0 aliphatic carbocycles.